The van der Waals surface area contributed by atoms with E-state index < -0.39 is 5.95 Å². The van der Waals surface area contributed by atoms with E-state index in [0.717, 1.165) is 6.42 Å². The van der Waals surface area contributed by atoms with Crippen molar-refractivity contribution in [3.63, 3.8) is 0 Å². The van der Waals surface area contributed by atoms with Gasteiger partial charge in [0, 0.05) is 18.4 Å². The van der Waals surface area contributed by atoms with Crippen LogP contribution in [0.5, 0.6) is 0 Å². The van der Waals surface area contributed by atoms with Gasteiger partial charge in [-0.05, 0) is 25.3 Å². The Balaban J connectivity index is 2.46. The predicted octanol–water partition coefficient (Wildman–Crippen LogP) is 1.54. The lowest BCUT2D eigenvalue weighted by atomic mass is 10.1. The summed E-state index contributed by atoms with van der Waals surface area (Å²) in [7, 11) is 0. The lowest BCUT2D eigenvalue weighted by molar-refractivity contribution is 0.284. The quantitative estimate of drug-likeness (QED) is 0.547. The van der Waals surface area contributed by atoms with Crippen LogP contribution in [0.3, 0.4) is 0 Å². The number of aryl methyl sites for hydroxylation is 1. The van der Waals surface area contributed by atoms with Gasteiger partial charge in [0.1, 0.15) is 0 Å². The lowest BCUT2D eigenvalue weighted by Crippen LogP contribution is -1.94. The number of hydrogen-bond donors (Lipinski definition) is 1. The third-order valence-corrected chi connectivity index (χ3v) is 1.69. The first kappa shape index (κ1) is 9.13. The average molecular weight is 169 g/mol. The highest BCUT2D eigenvalue weighted by Gasteiger charge is 2.00. The van der Waals surface area contributed by atoms with E-state index >= 15 is 0 Å². The SMILES string of the molecule is OCCCCc1cccnc1F. The predicted molar refractivity (Wildman–Crippen MR) is 44.2 cm³/mol. The average Bonchev–Trinajstić information content (AvgIpc) is 2.09. The molecule has 0 aliphatic carbocycles. The van der Waals surface area contributed by atoms with Gasteiger partial charge in [-0.15, -0.1) is 0 Å². The Morgan fingerprint density at radius 1 is 1.42 bits per heavy atom. The second-order valence-electron chi connectivity index (χ2n) is 2.63. The Kier molecular flexibility index (Phi) is 3.67. The van der Waals surface area contributed by atoms with Gasteiger partial charge in [-0.1, -0.05) is 6.07 Å². The Morgan fingerprint density at radius 3 is 2.92 bits per heavy atom. The first-order chi connectivity index (χ1) is 5.84. The fourth-order valence-electron chi connectivity index (χ4n) is 1.03. The second-order valence-corrected chi connectivity index (χ2v) is 2.63. The van der Waals surface area contributed by atoms with Gasteiger partial charge in [-0.3, -0.25) is 0 Å². The van der Waals surface area contributed by atoms with Crippen LogP contribution in [0.2, 0.25) is 0 Å². The van der Waals surface area contributed by atoms with Gasteiger partial charge < -0.3 is 5.11 Å². The van der Waals surface area contributed by atoms with Crippen molar-refractivity contribution in [2.75, 3.05) is 6.61 Å². The van der Waals surface area contributed by atoms with Crippen LogP contribution in [0.15, 0.2) is 18.3 Å². The van der Waals surface area contributed by atoms with Crippen LogP contribution in [0, 0.1) is 5.95 Å². The van der Waals surface area contributed by atoms with Crippen molar-refractivity contribution in [2.24, 2.45) is 0 Å². The molecule has 1 aromatic rings. The summed E-state index contributed by atoms with van der Waals surface area (Å²) in [4.78, 5) is 3.53. The van der Waals surface area contributed by atoms with E-state index in [4.69, 9.17) is 5.11 Å². The van der Waals surface area contributed by atoms with Gasteiger partial charge in [0.2, 0.25) is 5.95 Å². The van der Waals surface area contributed by atoms with E-state index in [1.807, 2.05) is 0 Å². The van der Waals surface area contributed by atoms with Crippen molar-refractivity contribution in [3.8, 4) is 0 Å². The molecule has 3 heteroatoms. The first-order valence-corrected chi connectivity index (χ1v) is 4.05. The molecule has 0 aliphatic heterocycles. The van der Waals surface area contributed by atoms with Gasteiger partial charge in [-0.2, -0.15) is 4.39 Å². The highest BCUT2D eigenvalue weighted by molar-refractivity contribution is 5.10. The van der Waals surface area contributed by atoms with Crippen molar-refractivity contribution in [1.29, 1.82) is 0 Å². The number of pyridine rings is 1. The van der Waals surface area contributed by atoms with Crippen LogP contribution < -0.4 is 0 Å². The summed E-state index contributed by atoms with van der Waals surface area (Å²) in [5.74, 6) is -0.393. The molecule has 0 saturated carbocycles. The molecule has 1 aromatic heterocycles. The summed E-state index contributed by atoms with van der Waals surface area (Å²) >= 11 is 0. The van der Waals surface area contributed by atoms with Crippen LogP contribution >= 0.6 is 0 Å². The lowest BCUT2D eigenvalue weighted by Gasteiger charge is -1.99. The minimum absolute atomic E-state index is 0.169. The van der Waals surface area contributed by atoms with Crippen molar-refractivity contribution in [1.82, 2.24) is 4.98 Å². The summed E-state index contributed by atoms with van der Waals surface area (Å²) in [5, 5.41) is 8.50. The Bertz CT molecular complexity index is 240. The summed E-state index contributed by atoms with van der Waals surface area (Å²) in [6.07, 6.45) is 3.61. The molecular formula is C9H12FNO. The molecule has 12 heavy (non-hydrogen) atoms. The van der Waals surface area contributed by atoms with E-state index in [-0.39, 0.29) is 6.61 Å². The van der Waals surface area contributed by atoms with Gasteiger partial charge in [0.05, 0.1) is 0 Å². The molecule has 0 amide bonds. The molecule has 1 rings (SSSR count). The molecule has 0 unspecified atom stereocenters. The maximum absolute atomic E-state index is 12.8. The van der Waals surface area contributed by atoms with Crippen molar-refractivity contribution >= 4 is 0 Å². The van der Waals surface area contributed by atoms with Crippen molar-refractivity contribution < 1.29 is 9.50 Å². The van der Waals surface area contributed by atoms with E-state index in [0.29, 0.717) is 18.4 Å². The van der Waals surface area contributed by atoms with Crippen molar-refractivity contribution in [3.05, 3.63) is 29.8 Å². The summed E-state index contributed by atoms with van der Waals surface area (Å²) < 4.78 is 12.8. The van der Waals surface area contributed by atoms with Gasteiger partial charge in [0.15, 0.2) is 0 Å². The van der Waals surface area contributed by atoms with Crippen LogP contribution in [-0.2, 0) is 6.42 Å². The summed E-state index contributed by atoms with van der Waals surface area (Å²) in [6, 6.07) is 3.44. The number of aromatic nitrogens is 1. The van der Waals surface area contributed by atoms with Gasteiger partial charge in [0.25, 0.3) is 0 Å². The first-order valence-electron chi connectivity index (χ1n) is 4.05. The molecule has 0 spiro atoms. The number of hydrogen-bond acceptors (Lipinski definition) is 2. The standard InChI is InChI=1S/C9H12FNO/c10-9-8(4-1-2-7-12)5-3-6-11-9/h3,5-6,12H,1-2,4,7H2. The smallest absolute Gasteiger partial charge is 0.216 e. The molecule has 1 N–H and O–H groups in total. The largest absolute Gasteiger partial charge is 0.396 e. The second kappa shape index (κ2) is 4.83. The van der Waals surface area contributed by atoms with E-state index in [9.17, 15) is 4.39 Å². The van der Waals surface area contributed by atoms with Crippen LogP contribution in [0.4, 0.5) is 4.39 Å². The van der Waals surface area contributed by atoms with Crippen LogP contribution in [-0.4, -0.2) is 16.7 Å². The molecule has 0 bridgehead atoms. The molecule has 0 atom stereocenters. The number of nitrogens with zero attached hydrogens (tertiary/aromatic N) is 1. The highest BCUT2D eigenvalue weighted by atomic mass is 19.1. The molecule has 2 nitrogen and oxygen atoms in total. The molecule has 0 radical (unpaired) electrons. The number of aliphatic hydroxyl groups is 1. The number of rotatable bonds is 4. The third-order valence-electron chi connectivity index (χ3n) is 1.69. The maximum atomic E-state index is 12.8. The zero-order valence-electron chi connectivity index (χ0n) is 6.83. The number of aliphatic hydroxyl groups excluding tert-OH is 1. The molecule has 1 heterocycles. The Labute approximate surface area is 71.1 Å². The van der Waals surface area contributed by atoms with Crippen molar-refractivity contribution in [2.45, 2.75) is 19.3 Å². The number of unbranched alkanes of at least 4 members (excludes halogenated alkanes) is 1. The van der Waals surface area contributed by atoms with Crippen LogP contribution in [0.1, 0.15) is 18.4 Å². The maximum Gasteiger partial charge on any atom is 0.216 e. The minimum atomic E-state index is -0.393. The van der Waals surface area contributed by atoms with Crippen LogP contribution in [0.25, 0.3) is 0 Å². The fourth-order valence-corrected chi connectivity index (χ4v) is 1.03. The topological polar surface area (TPSA) is 33.1 Å². The zero-order valence-corrected chi connectivity index (χ0v) is 6.83. The normalized spacial score (nSPS) is 10.2. The Hall–Kier alpha value is -0.960. The van der Waals surface area contributed by atoms with E-state index in [2.05, 4.69) is 4.98 Å². The summed E-state index contributed by atoms with van der Waals surface area (Å²) in [5.41, 5.74) is 0.631. The monoisotopic (exact) mass is 169 g/mol. The highest BCUT2D eigenvalue weighted by Crippen LogP contribution is 2.06. The summed E-state index contributed by atoms with van der Waals surface area (Å²) in [6.45, 7) is 0.169. The molecule has 0 fully saturated rings. The fraction of sp³-hybridized carbons (Fsp3) is 0.444. The Morgan fingerprint density at radius 2 is 2.25 bits per heavy atom. The van der Waals surface area contributed by atoms with E-state index in [1.165, 1.54) is 6.20 Å². The zero-order chi connectivity index (χ0) is 8.81. The third kappa shape index (κ3) is 2.58. The minimum Gasteiger partial charge on any atom is -0.396 e. The van der Waals surface area contributed by atoms with E-state index in [1.54, 1.807) is 12.1 Å². The molecule has 66 valence electrons. The molecule has 0 aliphatic rings. The molecule has 0 saturated heterocycles. The molecule has 0 aromatic carbocycles. The number of halogens is 1. The van der Waals surface area contributed by atoms with Gasteiger partial charge >= 0.3 is 0 Å². The van der Waals surface area contributed by atoms with Gasteiger partial charge in [-0.25, -0.2) is 4.98 Å². The molecular weight excluding hydrogens is 157 g/mol.